The van der Waals surface area contributed by atoms with Crippen molar-refractivity contribution in [2.24, 2.45) is 0 Å². The van der Waals surface area contributed by atoms with E-state index < -0.39 is 12.2 Å². The number of hydrogen-bond acceptors (Lipinski definition) is 7. The van der Waals surface area contributed by atoms with Crippen LogP contribution in [0.5, 0.6) is 0 Å². The van der Waals surface area contributed by atoms with E-state index in [0.717, 1.165) is 0 Å². The smallest absolute Gasteiger partial charge is 0.276 e. The van der Waals surface area contributed by atoms with Crippen molar-refractivity contribution in [1.82, 2.24) is 9.97 Å². The molecule has 1 fully saturated rings. The second-order valence-electron chi connectivity index (χ2n) is 4.35. The summed E-state index contributed by atoms with van der Waals surface area (Å²) in [7, 11) is 0. The molecule has 18 heavy (non-hydrogen) atoms. The van der Waals surface area contributed by atoms with Crippen molar-refractivity contribution in [1.29, 1.82) is 0 Å². The Labute approximate surface area is 102 Å². The zero-order valence-electron chi connectivity index (χ0n) is 9.54. The topological polar surface area (TPSA) is 111 Å². The highest BCUT2D eigenvalue weighted by atomic mass is 16.5. The molecule has 1 aromatic rings. The number of fused-ring (bicyclic) bond motifs is 1. The lowest BCUT2D eigenvalue weighted by Crippen LogP contribution is -2.35. The summed E-state index contributed by atoms with van der Waals surface area (Å²) < 4.78 is 5.54. The Morgan fingerprint density at radius 2 is 2.44 bits per heavy atom. The van der Waals surface area contributed by atoms with Gasteiger partial charge in [-0.05, 0) is 0 Å². The van der Waals surface area contributed by atoms with Gasteiger partial charge in [-0.15, -0.1) is 0 Å². The molecule has 8 nitrogen and oxygen atoms in total. The van der Waals surface area contributed by atoms with Gasteiger partial charge in [0.15, 0.2) is 5.82 Å². The molecule has 1 aromatic heterocycles. The maximum atomic E-state index is 11.5. The van der Waals surface area contributed by atoms with Crippen LogP contribution in [0.4, 0.5) is 11.5 Å². The first kappa shape index (κ1) is 11.5. The van der Waals surface area contributed by atoms with Gasteiger partial charge in [0, 0.05) is 6.42 Å². The summed E-state index contributed by atoms with van der Waals surface area (Å²) in [5, 5.41) is 21.7. The zero-order valence-corrected chi connectivity index (χ0v) is 9.54. The van der Waals surface area contributed by atoms with Crippen LogP contribution in [0.25, 0.3) is 0 Å². The fourth-order valence-electron chi connectivity index (χ4n) is 2.32. The van der Waals surface area contributed by atoms with Crippen molar-refractivity contribution >= 4 is 11.5 Å². The first-order chi connectivity index (χ1) is 8.70. The number of H-pyrrole nitrogens is 1. The number of hydrogen-bond donors (Lipinski definition) is 4. The van der Waals surface area contributed by atoms with Gasteiger partial charge in [0.2, 0.25) is 0 Å². The molecule has 2 aliphatic heterocycles. The largest absolute Gasteiger partial charge is 0.394 e. The zero-order chi connectivity index (χ0) is 12.7. The minimum Gasteiger partial charge on any atom is -0.394 e. The first-order valence-electron chi connectivity index (χ1n) is 5.73. The SMILES string of the molecule is O=c1[nH]cnc2c1NCN2C1CC(O)C(CO)O1. The van der Waals surface area contributed by atoms with E-state index in [9.17, 15) is 9.90 Å². The van der Waals surface area contributed by atoms with Crippen molar-refractivity contribution < 1.29 is 14.9 Å². The highest BCUT2D eigenvalue weighted by Gasteiger charge is 2.39. The summed E-state index contributed by atoms with van der Waals surface area (Å²) in [4.78, 5) is 19.9. The molecule has 98 valence electrons. The molecular weight excluding hydrogens is 240 g/mol. The molecule has 3 heterocycles. The fraction of sp³-hybridized carbons (Fsp3) is 0.600. The Morgan fingerprint density at radius 3 is 3.17 bits per heavy atom. The maximum absolute atomic E-state index is 11.5. The van der Waals surface area contributed by atoms with E-state index in [-0.39, 0.29) is 18.4 Å². The number of ether oxygens (including phenoxy) is 1. The predicted octanol–water partition coefficient (Wildman–Crippen LogP) is -1.57. The predicted molar refractivity (Wildman–Crippen MR) is 62.2 cm³/mol. The lowest BCUT2D eigenvalue weighted by molar-refractivity contribution is -0.0218. The van der Waals surface area contributed by atoms with Gasteiger partial charge in [-0.25, -0.2) is 4.98 Å². The van der Waals surface area contributed by atoms with Crippen LogP contribution >= 0.6 is 0 Å². The van der Waals surface area contributed by atoms with E-state index >= 15 is 0 Å². The van der Waals surface area contributed by atoms with Crippen molar-refractivity contribution in [2.45, 2.75) is 24.9 Å². The van der Waals surface area contributed by atoms with Crippen LogP contribution in [-0.2, 0) is 4.74 Å². The summed E-state index contributed by atoms with van der Waals surface area (Å²) in [5.74, 6) is 0.509. The highest BCUT2D eigenvalue weighted by molar-refractivity contribution is 5.69. The van der Waals surface area contributed by atoms with Gasteiger partial charge in [-0.2, -0.15) is 0 Å². The van der Waals surface area contributed by atoms with Gasteiger partial charge in [0.1, 0.15) is 18.0 Å². The molecule has 4 N–H and O–H groups in total. The van der Waals surface area contributed by atoms with Crippen molar-refractivity contribution in [3.63, 3.8) is 0 Å². The van der Waals surface area contributed by atoms with E-state index in [1.807, 2.05) is 0 Å². The molecule has 2 aliphatic rings. The van der Waals surface area contributed by atoms with Crippen LogP contribution in [0.3, 0.4) is 0 Å². The molecule has 3 unspecified atom stereocenters. The van der Waals surface area contributed by atoms with Gasteiger partial charge in [0.25, 0.3) is 5.56 Å². The minimum atomic E-state index is -0.703. The summed E-state index contributed by atoms with van der Waals surface area (Å²) >= 11 is 0. The number of aliphatic hydroxyl groups is 2. The average Bonchev–Trinajstić information content (AvgIpc) is 2.93. The molecule has 0 bridgehead atoms. The first-order valence-corrected chi connectivity index (χ1v) is 5.73. The molecule has 3 atom stereocenters. The van der Waals surface area contributed by atoms with Crippen LogP contribution in [0.2, 0.25) is 0 Å². The van der Waals surface area contributed by atoms with E-state index in [1.165, 1.54) is 6.33 Å². The summed E-state index contributed by atoms with van der Waals surface area (Å²) in [6.45, 7) is 0.166. The molecule has 8 heteroatoms. The Morgan fingerprint density at radius 1 is 1.61 bits per heavy atom. The Bertz CT molecular complexity index is 505. The monoisotopic (exact) mass is 254 g/mol. The van der Waals surface area contributed by atoms with Gasteiger partial charge in [-0.3, -0.25) is 4.79 Å². The quantitative estimate of drug-likeness (QED) is 0.504. The van der Waals surface area contributed by atoms with Crippen LogP contribution < -0.4 is 15.8 Å². The number of nitrogens with zero attached hydrogens (tertiary/aromatic N) is 2. The van der Waals surface area contributed by atoms with E-state index in [1.54, 1.807) is 4.90 Å². The third-order valence-electron chi connectivity index (χ3n) is 3.26. The average molecular weight is 254 g/mol. The van der Waals surface area contributed by atoms with Crippen LogP contribution in [0.1, 0.15) is 6.42 Å². The third kappa shape index (κ3) is 1.65. The molecule has 0 spiro atoms. The van der Waals surface area contributed by atoms with Gasteiger partial charge >= 0.3 is 0 Å². The summed E-state index contributed by atoms with van der Waals surface area (Å²) in [6, 6.07) is 0. The number of nitrogens with one attached hydrogen (secondary N) is 2. The molecular formula is C10H14N4O4. The Hall–Kier alpha value is -1.64. The summed E-state index contributed by atoms with van der Waals surface area (Å²) in [5.41, 5.74) is 0.169. The standard InChI is InChI=1S/C10H14N4O4/c15-2-6-5(16)1-7(18-6)14-4-13-8-9(14)11-3-12-10(8)17/h3,5-7,13,15-16H,1-2,4H2,(H,11,12,17). The maximum Gasteiger partial charge on any atom is 0.276 e. The van der Waals surface area contributed by atoms with Crippen molar-refractivity contribution in [2.75, 3.05) is 23.5 Å². The number of aromatic nitrogens is 2. The van der Waals surface area contributed by atoms with Gasteiger partial charge in [-0.1, -0.05) is 0 Å². The van der Waals surface area contributed by atoms with E-state index in [0.29, 0.717) is 24.6 Å². The van der Waals surface area contributed by atoms with Gasteiger partial charge in [0.05, 0.1) is 25.7 Å². The van der Waals surface area contributed by atoms with Crippen LogP contribution in [0.15, 0.2) is 11.1 Å². The third-order valence-corrected chi connectivity index (χ3v) is 3.26. The van der Waals surface area contributed by atoms with E-state index in [4.69, 9.17) is 9.84 Å². The Balaban J connectivity index is 1.85. The lowest BCUT2D eigenvalue weighted by Gasteiger charge is -2.24. The normalized spacial score (nSPS) is 30.3. The number of aromatic amines is 1. The molecule has 0 aromatic carbocycles. The summed E-state index contributed by atoms with van der Waals surface area (Å²) in [6.07, 6.45) is 0.0315. The number of aliphatic hydroxyl groups excluding tert-OH is 2. The second kappa shape index (κ2) is 4.23. The molecule has 3 rings (SSSR count). The van der Waals surface area contributed by atoms with Crippen LogP contribution in [-0.4, -0.2) is 51.9 Å². The number of anilines is 2. The lowest BCUT2D eigenvalue weighted by atomic mass is 10.2. The van der Waals surface area contributed by atoms with Crippen molar-refractivity contribution in [3.8, 4) is 0 Å². The van der Waals surface area contributed by atoms with E-state index in [2.05, 4.69) is 15.3 Å². The molecule has 1 saturated heterocycles. The van der Waals surface area contributed by atoms with Crippen molar-refractivity contribution in [3.05, 3.63) is 16.7 Å². The molecule has 0 saturated carbocycles. The minimum absolute atomic E-state index is 0.228. The number of rotatable bonds is 2. The van der Waals surface area contributed by atoms with Crippen LogP contribution in [0, 0.1) is 0 Å². The second-order valence-corrected chi connectivity index (χ2v) is 4.35. The molecule has 0 amide bonds. The Kier molecular flexibility index (Phi) is 2.69. The van der Waals surface area contributed by atoms with Gasteiger partial charge < -0.3 is 30.2 Å². The molecule has 0 radical (unpaired) electrons. The fourth-order valence-corrected chi connectivity index (χ4v) is 2.32. The molecule has 0 aliphatic carbocycles. The highest BCUT2D eigenvalue weighted by Crippen LogP contribution is 2.32.